The molecule has 0 aliphatic heterocycles. The van der Waals surface area contributed by atoms with E-state index in [1.165, 1.54) is 4.57 Å². The van der Waals surface area contributed by atoms with E-state index < -0.39 is 0 Å². The van der Waals surface area contributed by atoms with Gasteiger partial charge in [-0.25, -0.2) is 9.78 Å². The number of hydrogen-bond acceptors (Lipinski definition) is 4. The lowest BCUT2D eigenvalue weighted by Crippen LogP contribution is -2.08. The van der Waals surface area contributed by atoms with Crippen LogP contribution in [0.2, 0.25) is 0 Å². The lowest BCUT2D eigenvalue weighted by Gasteiger charge is -1.98. The van der Waals surface area contributed by atoms with Crippen LogP contribution in [0.1, 0.15) is 12.2 Å². The summed E-state index contributed by atoms with van der Waals surface area (Å²) in [5, 5.41) is 8.56. The first-order chi connectivity index (χ1) is 9.69. The second-order valence-corrected chi connectivity index (χ2v) is 4.51. The molecule has 20 heavy (non-hydrogen) atoms. The summed E-state index contributed by atoms with van der Waals surface area (Å²) in [5.74, 6) is 0.396. The molecular weight excluding hydrogens is 256 g/mol. The number of rotatable bonds is 3. The summed E-state index contributed by atoms with van der Waals surface area (Å²) in [7, 11) is 1.67. The molecule has 3 rings (SSSR count). The monoisotopic (exact) mass is 268 g/mol. The van der Waals surface area contributed by atoms with Crippen molar-refractivity contribution in [3.63, 3.8) is 0 Å². The van der Waals surface area contributed by atoms with E-state index >= 15 is 0 Å². The fourth-order valence-electron chi connectivity index (χ4n) is 2.11. The summed E-state index contributed by atoms with van der Waals surface area (Å²) < 4.78 is 6.63. The van der Waals surface area contributed by atoms with Gasteiger partial charge in [-0.1, -0.05) is 6.07 Å². The van der Waals surface area contributed by atoms with Crippen molar-refractivity contribution < 1.29 is 4.42 Å². The number of benzene rings is 1. The Morgan fingerprint density at radius 3 is 3.15 bits per heavy atom. The van der Waals surface area contributed by atoms with E-state index in [2.05, 4.69) is 16.0 Å². The molecule has 2 heterocycles. The highest BCUT2D eigenvalue weighted by atomic mass is 16.4. The predicted octanol–water partition coefficient (Wildman–Crippen LogP) is 1.98. The lowest BCUT2D eigenvalue weighted by atomic mass is 10.1. The third-order valence-electron chi connectivity index (χ3n) is 3.21. The number of aryl methyl sites for hydroxylation is 2. The van der Waals surface area contributed by atoms with Crippen LogP contribution in [0, 0.1) is 11.3 Å². The number of nitrogens with zero attached hydrogens (tertiary/aromatic N) is 3. The van der Waals surface area contributed by atoms with Gasteiger partial charge >= 0.3 is 5.76 Å². The fourth-order valence-corrected chi connectivity index (χ4v) is 2.11. The molecule has 0 aliphatic rings. The molecule has 1 N–H and O–H groups in total. The smallest absolute Gasteiger partial charge is 0.408 e. The highest BCUT2D eigenvalue weighted by Crippen LogP contribution is 2.22. The van der Waals surface area contributed by atoms with Crippen LogP contribution in [0.3, 0.4) is 0 Å². The predicted molar refractivity (Wildman–Crippen MR) is 73.0 cm³/mol. The molecule has 0 atom stereocenters. The van der Waals surface area contributed by atoms with E-state index in [0.29, 0.717) is 18.4 Å². The van der Waals surface area contributed by atoms with Gasteiger partial charge in [0, 0.05) is 25.5 Å². The quantitative estimate of drug-likeness (QED) is 0.786. The summed E-state index contributed by atoms with van der Waals surface area (Å²) in [6.45, 7) is 0. The first kappa shape index (κ1) is 12.2. The van der Waals surface area contributed by atoms with Gasteiger partial charge in [0.1, 0.15) is 5.82 Å². The average Bonchev–Trinajstić information content (AvgIpc) is 3.02. The van der Waals surface area contributed by atoms with Gasteiger partial charge in [-0.15, -0.1) is 0 Å². The zero-order chi connectivity index (χ0) is 14.1. The number of hydrogen-bond donors (Lipinski definition) is 1. The van der Waals surface area contributed by atoms with Crippen LogP contribution in [-0.4, -0.2) is 14.5 Å². The van der Waals surface area contributed by atoms with Gasteiger partial charge in [-0.3, -0.25) is 4.57 Å². The lowest BCUT2D eigenvalue weighted by molar-refractivity contribution is 0.528. The first-order valence-electron chi connectivity index (χ1n) is 6.20. The van der Waals surface area contributed by atoms with E-state index in [1.807, 2.05) is 12.1 Å². The van der Waals surface area contributed by atoms with Crippen molar-refractivity contribution in [2.24, 2.45) is 7.05 Å². The minimum Gasteiger partial charge on any atom is -0.408 e. The molecule has 0 saturated heterocycles. The van der Waals surface area contributed by atoms with E-state index in [4.69, 9.17) is 9.68 Å². The molecule has 1 aromatic carbocycles. The number of aromatic nitrogens is 3. The molecular formula is C14H12N4O2. The zero-order valence-corrected chi connectivity index (χ0v) is 10.9. The Bertz CT molecular complexity index is 863. The second-order valence-electron chi connectivity index (χ2n) is 4.51. The maximum atomic E-state index is 11.5. The summed E-state index contributed by atoms with van der Waals surface area (Å²) in [5.41, 5.74) is 3.03. The van der Waals surface area contributed by atoms with Gasteiger partial charge in [0.15, 0.2) is 5.58 Å². The Morgan fingerprint density at radius 2 is 2.35 bits per heavy atom. The highest BCUT2D eigenvalue weighted by molar-refractivity contribution is 5.79. The van der Waals surface area contributed by atoms with Crippen LogP contribution in [0.5, 0.6) is 0 Å². The standard InChI is InChI=1S/C14H12N4O2/c1-18-11-5-4-9(7-12(11)20-14(18)19)10-8-16-13(17-10)3-2-6-15/h4-5,7-8H,2-3H2,1H3,(H,16,17). The molecule has 6 nitrogen and oxygen atoms in total. The van der Waals surface area contributed by atoms with Crippen LogP contribution >= 0.6 is 0 Å². The molecule has 6 heteroatoms. The summed E-state index contributed by atoms with van der Waals surface area (Å²) >= 11 is 0. The molecule has 0 fully saturated rings. The van der Waals surface area contributed by atoms with Crippen molar-refractivity contribution in [2.45, 2.75) is 12.8 Å². The molecule has 2 aromatic heterocycles. The zero-order valence-electron chi connectivity index (χ0n) is 10.9. The average molecular weight is 268 g/mol. The van der Waals surface area contributed by atoms with Crippen LogP contribution in [0.4, 0.5) is 0 Å². The molecule has 0 aliphatic carbocycles. The van der Waals surface area contributed by atoms with Gasteiger partial charge in [0.25, 0.3) is 0 Å². The highest BCUT2D eigenvalue weighted by Gasteiger charge is 2.09. The van der Waals surface area contributed by atoms with Gasteiger partial charge in [0.2, 0.25) is 0 Å². The van der Waals surface area contributed by atoms with E-state index in [-0.39, 0.29) is 5.76 Å². The summed E-state index contributed by atoms with van der Waals surface area (Å²) in [4.78, 5) is 18.8. The van der Waals surface area contributed by atoms with Gasteiger partial charge in [0.05, 0.1) is 23.5 Å². The number of nitrogens with one attached hydrogen (secondary N) is 1. The SMILES string of the molecule is Cn1c(=O)oc2cc(-c3cnc(CCC#N)[nH]3)ccc21. The van der Waals surface area contributed by atoms with Crippen molar-refractivity contribution in [1.82, 2.24) is 14.5 Å². The molecule has 0 bridgehead atoms. The van der Waals surface area contributed by atoms with Crippen molar-refractivity contribution in [1.29, 1.82) is 5.26 Å². The Balaban J connectivity index is 2.00. The Labute approximate surface area is 114 Å². The number of oxazole rings is 1. The number of nitriles is 1. The van der Waals surface area contributed by atoms with Crippen molar-refractivity contribution >= 4 is 11.1 Å². The molecule has 0 unspecified atom stereocenters. The van der Waals surface area contributed by atoms with Gasteiger partial charge in [-0.05, 0) is 12.1 Å². The summed E-state index contributed by atoms with van der Waals surface area (Å²) in [6.07, 6.45) is 2.74. The third-order valence-corrected chi connectivity index (χ3v) is 3.21. The van der Waals surface area contributed by atoms with Crippen LogP contribution < -0.4 is 5.76 Å². The van der Waals surface area contributed by atoms with Crippen LogP contribution in [0.15, 0.2) is 33.6 Å². The van der Waals surface area contributed by atoms with Crippen molar-refractivity contribution in [3.05, 3.63) is 40.8 Å². The van der Waals surface area contributed by atoms with Crippen LogP contribution in [-0.2, 0) is 13.5 Å². The third kappa shape index (κ3) is 1.99. The number of imidazole rings is 1. The number of fused-ring (bicyclic) bond motifs is 1. The molecule has 100 valence electrons. The number of H-pyrrole nitrogens is 1. The maximum Gasteiger partial charge on any atom is 0.419 e. The minimum absolute atomic E-state index is 0.378. The van der Waals surface area contributed by atoms with E-state index in [0.717, 1.165) is 22.6 Å². The Morgan fingerprint density at radius 1 is 1.50 bits per heavy atom. The Kier molecular flexibility index (Phi) is 2.88. The van der Waals surface area contributed by atoms with Gasteiger partial charge in [-0.2, -0.15) is 5.26 Å². The molecule has 0 saturated carbocycles. The number of aromatic amines is 1. The topological polar surface area (TPSA) is 87.6 Å². The van der Waals surface area contributed by atoms with Crippen molar-refractivity contribution in [3.8, 4) is 17.3 Å². The second kappa shape index (κ2) is 4.70. The largest absolute Gasteiger partial charge is 0.419 e. The first-order valence-corrected chi connectivity index (χ1v) is 6.20. The normalized spacial score (nSPS) is 10.8. The molecule has 0 spiro atoms. The minimum atomic E-state index is -0.378. The summed E-state index contributed by atoms with van der Waals surface area (Å²) in [6, 6.07) is 7.63. The maximum absolute atomic E-state index is 11.5. The van der Waals surface area contributed by atoms with Crippen LogP contribution in [0.25, 0.3) is 22.4 Å². The Hall–Kier alpha value is -2.81. The van der Waals surface area contributed by atoms with Crippen molar-refractivity contribution in [2.75, 3.05) is 0 Å². The molecule has 3 aromatic rings. The fraction of sp³-hybridized carbons (Fsp3) is 0.214. The molecule has 0 radical (unpaired) electrons. The van der Waals surface area contributed by atoms with E-state index in [1.54, 1.807) is 19.3 Å². The van der Waals surface area contributed by atoms with Gasteiger partial charge < -0.3 is 9.40 Å². The molecule has 0 amide bonds. The van der Waals surface area contributed by atoms with E-state index in [9.17, 15) is 4.79 Å².